The van der Waals surface area contributed by atoms with Crippen LogP contribution in [0.4, 0.5) is 23.4 Å². The maximum absolute atomic E-state index is 4.76. The van der Waals surface area contributed by atoms with Crippen molar-refractivity contribution in [3.8, 4) is 0 Å². The second kappa shape index (κ2) is 7.80. The molecule has 7 heteroatoms. The number of aryl methyl sites for hydroxylation is 3. The van der Waals surface area contributed by atoms with Crippen LogP contribution in [0.25, 0.3) is 0 Å². The molecule has 1 N–H and O–H groups in total. The van der Waals surface area contributed by atoms with Gasteiger partial charge in [0, 0.05) is 56.0 Å². The molecule has 3 aromatic rings. The molecule has 1 fully saturated rings. The van der Waals surface area contributed by atoms with Crippen molar-refractivity contribution in [2.24, 2.45) is 0 Å². The van der Waals surface area contributed by atoms with E-state index >= 15 is 0 Å². The maximum atomic E-state index is 4.76. The van der Waals surface area contributed by atoms with Gasteiger partial charge in [0.15, 0.2) is 0 Å². The molecule has 0 unspecified atom stereocenters. The Balaban J connectivity index is 1.48. The molecular formula is C21H25N7. The summed E-state index contributed by atoms with van der Waals surface area (Å²) in [4.78, 5) is 22.5. The number of benzene rings is 1. The summed E-state index contributed by atoms with van der Waals surface area (Å²) in [7, 11) is 0. The lowest BCUT2D eigenvalue weighted by Gasteiger charge is -2.34. The van der Waals surface area contributed by atoms with Crippen molar-refractivity contribution in [3.05, 3.63) is 59.5 Å². The first-order valence-electron chi connectivity index (χ1n) is 9.55. The third kappa shape index (κ3) is 4.19. The zero-order valence-electron chi connectivity index (χ0n) is 16.6. The minimum absolute atomic E-state index is 0.764. The van der Waals surface area contributed by atoms with E-state index in [2.05, 4.69) is 62.1 Å². The summed E-state index contributed by atoms with van der Waals surface area (Å²) < 4.78 is 0. The van der Waals surface area contributed by atoms with Crippen LogP contribution in [0.1, 0.15) is 16.8 Å². The summed E-state index contributed by atoms with van der Waals surface area (Å²) in [5, 5.41) is 3.43. The van der Waals surface area contributed by atoms with Crippen LogP contribution in [-0.4, -0.2) is 46.1 Å². The number of hydrogen-bond donors (Lipinski definition) is 1. The van der Waals surface area contributed by atoms with Gasteiger partial charge < -0.3 is 15.1 Å². The van der Waals surface area contributed by atoms with Crippen molar-refractivity contribution in [3.63, 3.8) is 0 Å². The Morgan fingerprint density at radius 3 is 2.00 bits per heavy atom. The van der Waals surface area contributed by atoms with E-state index in [1.807, 2.05) is 19.1 Å². The predicted molar refractivity (Wildman–Crippen MR) is 112 cm³/mol. The van der Waals surface area contributed by atoms with E-state index in [0.717, 1.165) is 55.3 Å². The summed E-state index contributed by atoms with van der Waals surface area (Å²) in [5.41, 5.74) is 4.46. The first-order chi connectivity index (χ1) is 13.6. The highest BCUT2D eigenvalue weighted by atomic mass is 15.4. The van der Waals surface area contributed by atoms with Crippen molar-refractivity contribution in [1.29, 1.82) is 0 Å². The first-order valence-corrected chi connectivity index (χ1v) is 9.55. The molecule has 0 amide bonds. The van der Waals surface area contributed by atoms with Gasteiger partial charge in [-0.25, -0.2) is 15.0 Å². The molecular weight excluding hydrogens is 350 g/mol. The second-order valence-corrected chi connectivity index (χ2v) is 7.22. The zero-order chi connectivity index (χ0) is 19.5. The SMILES string of the molecule is Cc1cc(C)cc(Nc2cc(C)nc(N3CCN(c4ncccn4)CC3)n2)c1. The first kappa shape index (κ1) is 18.2. The van der Waals surface area contributed by atoms with Gasteiger partial charge in [-0.1, -0.05) is 6.07 Å². The molecule has 0 radical (unpaired) electrons. The Bertz CT molecular complexity index is 930. The average molecular weight is 375 g/mol. The van der Waals surface area contributed by atoms with Crippen molar-refractivity contribution in [1.82, 2.24) is 19.9 Å². The lowest BCUT2D eigenvalue weighted by atomic mass is 10.1. The molecule has 1 aliphatic rings. The molecule has 7 nitrogen and oxygen atoms in total. The molecule has 28 heavy (non-hydrogen) atoms. The van der Waals surface area contributed by atoms with Gasteiger partial charge >= 0.3 is 0 Å². The second-order valence-electron chi connectivity index (χ2n) is 7.22. The van der Waals surface area contributed by atoms with E-state index < -0.39 is 0 Å². The highest BCUT2D eigenvalue weighted by Gasteiger charge is 2.21. The number of rotatable bonds is 4. The van der Waals surface area contributed by atoms with Gasteiger partial charge in [-0.2, -0.15) is 4.98 Å². The lowest BCUT2D eigenvalue weighted by molar-refractivity contribution is 0.627. The van der Waals surface area contributed by atoms with Crippen LogP contribution in [0.3, 0.4) is 0 Å². The molecule has 0 spiro atoms. The topological polar surface area (TPSA) is 70.1 Å². The Hall–Kier alpha value is -3.22. The largest absolute Gasteiger partial charge is 0.340 e. The van der Waals surface area contributed by atoms with Gasteiger partial charge in [-0.15, -0.1) is 0 Å². The molecule has 1 aliphatic heterocycles. The number of hydrogen-bond acceptors (Lipinski definition) is 7. The molecule has 1 aromatic carbocycles. The molecule has 0 atom stereocenters. The average Bonchev–Trinajstić information content (AvgIpc) is 2.67. The molecule has 4 rings (SSSR count). The fraction of sp³-hybridized carbons (Fsp3) is 0.333. The monoisotopic (exact) mass is 375 g/mol. The summed E-state index contributed by atoms with van der Waals surface area (Å²) in [5.74, 6) is 2.37. The Morgan fingerprint density at radius 2 is 1.36 bits per heavy atom. The van der Waals surface area contributed by atoms with Crippen molar-refractivity contribution in [2.45, 2.75) is 20.8 Å². The molecule has 2 aromatic heterocycles. The van der Waals surface area contributed by atoms with Gasteiger partial charge in [0.05, 0.1) is 0 Å². The highest BCUT2D eigenvalue weighted by Crippen LogP contribution is 2.22. The van der Waals surface area contributed by atoms with E-state index in [1.54, 1.807) is 12.4 Å². The van der Waals surface area contributed by atoms with Gasteiger partial charge in [0.2, 0.25) is 11.9 Å². The van der Waals surface area contributed by atoms with Crippen LogP contribution in [0.5, 0.6) is 0 Å². The van der Waals surface area contributed by atoms with Gasteiger partial charge in [0.1, 0.15) is 5.82 Å². The van der Waals surface area contributed by atoms with E-state index in [0.29, 0.717) is 0 Å². The molecule has 3 heterocycles. The number of piperazine rings is 1. The fourth-order valence-electron chi connectivity index (χ4n) is 3.51. The van der Waals surface area contributed by atoms with Crippen LogP contribution < -0.4 is 15.1 Å². The molecule has 1 saturated heterocycles. The summed E-state index contributed by atoms with van der Waals surface area (Å²) in [6, 6.07) is 10.2. The zero-order valence-corrected chi connectivity index (χ0v) is 16.6. The lowest BCUT2D eigenvalue weighted by Crippen LogP contribution is -2.47. The summed E-state index contributed by atoms with van der Waals surface area (Å²) in [6.07, 6.45) is 3.56. The van der Waals surface area contributed by atoms with Crippen LogP contribution in [-0.2, 0) is 0 Å². The van der Waals surface area contributed by atoms with Crippen LogP contribution in [0, 0.1) is 20.8 Å². The van der Waals surface area contributed by atoms with Gasteiger partial charge in [-0.05, 0) is 50.1 Å². The van der Waals surface area contributed by atoms with Crippen molar-refractivity contribution in [2.75, 3.05) is 41.3 Å². The highest BCUT2D eigenvalue weighted by molar-refractivity contribution is 5.59. The Labute approximate surface area is 165 Å². The molecule has 0 aliphatic carbocycles. The third-order valence-electron chi connectivity index (χ3n) is 4.73. The smallest absolute Gasteiger partial charge is 0.227 e. The number of aromatic nitrogens is 4. The van der Waals surface area contributed by atoms with E-state index in [4.69, 9.17) is 4.98 Å². The van der Waals surface area contributed by atoms with Gasteiger partial charge in [-0.3, -0.25) is 0 Å². The predicted octanol–water partition coefficient (Wildman–Crippen LogP) is 3.26. The molecule has 0 saturated carbocycles. The quantitative estimate of drug-likeness (QED) is 0.750. The van der Waals surface area contributed by atoms with E-state index in [-0.39, 0.29) is 0 Å². The van der Waals surface area contributed by atoms with Gasteiger partial charge in [0.25, 0.3) is 0 Å². The van der Waals surface area contributed by atoms with Crippen LogP contribution in [0.15, 0.2) is 42.7 Å². The van der Waals surface area contributed by atoms with Crippen molar-refractivity contribution < 1.29 is 0 Å². The standard InChI is InChI=1S/C21H25N7/c1-15-11-16(2)13-18(12-15)25-19-14-17(3)24-21(26-19)28-9-7-27(8-10-28)20-22-5-4-6-23-20/h4-6,11-14H,7-10H2,1-3H3,(H,24,25,26). The van der Waals surface area contributed by atoms with E-state index in [9.17, 15) is 0 Å². The minimum atomic E-state index is 0.764. The summed E-state index contributed by atoms with van der Waals surface area (Å²) >= 11 is 0. The van der Waals surface area contributed by atoms with E-state index in [1.165, 1.54) is 11.1 Å². The molecule has 144 valence electrons. The Morgan fingerprint density at radius 1 is 0.750 bits per heavy atom. The number of nitrogens with one attached hydrogen (secondary N) is 1. The minimum Gasteiger partial charge on any atom is -0.340 e. The fourth-order valence-corrected chi connectivity index (χ4v) is 3.51. The number of anilines is 4. The molecule has 0 bridgehead atoms. The number of nitrogens with zero attached hydrogens (tertiary/aromatic N) is 6. The maximum Gasteiger partial charge on any atom is 0.227 e. The third-order valence-corrected chi connectivity index (χ3v) is 4.73. The Kier molecular flexibility index (Phi) is 5.06. The van der Waals surface area contributed by atoms with Crippen LogP contribution in [0.2, 0.25) is 0 Å². The van der Waals surface area contributed by atoms with Crippen LogP contribution >= 0.6 is 0 Å². The van der Waals surface area contributed by atoms with Crippen molar-refractivity contribution >= 4 is 23.4 Å². The summed E-state index contributed by atoms with van der Waals surface area (Å²) in [6.45, 7) is 9.58. The normalized spacial score (nSPS) is 14.2.